The Bertz CT molecular complexity index is 1180. The van der Waals surface area contributed by atoms with Gasteiger partial charge in [-0.2, -0.15) is 0 Å². The number of hydrogen-bond donors (Lipinski definition) is 0. The van der Waals surface area contributed by atoms with Crippen LogP contribution in [0.4, 0.5) is 0 Å². The van der Waals surface area contributed by atoms with Crippen molar-refractivity contribution in [3.63, 3.8) is 0 Å². The van der Waals surface area contributed by atoms with Crippen LogP contribution in [-0.4, -0.2) is 75.9 Å². The van der Waals surface area contributed by atoms with Crippen LogP contribution in [0.1, 0.15) is 254 Å². The zero-order chi connectivity index (χ0) is 47.6. The van der Waals surface area contributed by atoms with E-state index in [9.17, 15) is 0 Å². The Morgan fingerprint density at radius 1 is 0.636 bits per heavy atom. The monoisotopic (exact) mass is 925 g/mol. The Hall–Kier alpha value is -0.720. The van der Waals surface area contributed by atoms with Crippen LogP contribution in [0.3, 0.4) is 0 Å². The average molecular weight is 926 g/mol. The van der Waals surface area contributed by atoms with Gasteiger partial charge >= 0.3 is 0 Å². The van der Waals surface area contributed by atoms with E-state index in [4.69, 9.17) is 18.9 Å². The van der Waals surface area contributed by atoms with Crippen LogP contribution < -0.4 is 0 Å². The molecule has 0 bridgehead atoms. The second kappa shape index (κ2) is 37.1. The molecule has 387 valence electrons. The molecular formula is C61H114NO4. The number of nitrogens with zero attached hydrogens (tertiary/aromatic N) is 1. The molecule has 1 radical (unpaired) electrons. The first-order chi connectivity index (χ1) is 32.1. The van der Waals surface area contributed by atoms with Crippen molar-refractivity contribution in [1.82, 2.24) is 4.90 Å². The summed E-state index contributed by atoms with van der Waals surface area (Å²) in [7, 11) is 0. The van der Waals surface area contributed by atoms with E-state index in [-0.39, 0.29) is 6.10 Å². The zero-order valence-electron chi connectivity index (χ0n) is 45.6. The van der Waals surface area contributed by atoms with Gasteiger partial charge in [0.05, 0.1) is 18.8 Å². The molecule has 1 saturated heterocycles. The highest BCUT2D eigenvalue weighted by Gasteiger charge is 2.47. The van der Waals surface area contributed by atoms with Crippen LogP contribution in [0.15, 0.2) is 24.3 Å². The Balaban J connectivity index is 1.18. The predicted molar refractivity (Wildman–Crippen MR) is 286 cm³/mol. The summed E-state index contributed by atoms with van der Waals surface area (Å²) < 4.78 is 25.1. The quantitative estimate of drug-likeness (QED) is 0.0451. The van der Waals surface area contributed by atoms with Crippen LogP contribution in [-0.2, 0) is 18.9 Å². The van der Waals surface area contributed by atoms with E-state index in [1.165, 1.54) is 186 Å². The van der Waals surface area contributed by atoms with Crippen LogP contribution in [0.25, 0.3) is 0 Å². The van der Waals surface area contributed by atoms with Crippen LogP contribution in [0, 0.1) is 40.9 Å². The molecule has 0 spiro atoms. The van der Waals surface area contributed by atoms with Gasteiger partial charge in [0.15, 0.2) is 0 Å². The van der Waals surface area contributed by atoms with Crippen molar-refractivity contribution in [2.75, 3.05) is 52.7 Å². The highest BCUT2D eigenvalue weighted by Crippen LogP contribution is 2.56. The van der Waals surface area contributed by atoms with E-state index in [1.807, 2.05) is 0 Å². The fraction of sp³-hybridized carbons (Fsp3) is 0.918. The van der Waals surface area contributed by atoms with Gasteiger partial charge in [0.25, 0.3) is 0 Å². The molecule has 66 heavy (non-hydrogen) atoms. The maximum absolute atomic E-state index is 6.44. The molecule has 5 nitrogen and oxygen atoms in total. The summed E-state index contributed by atoms with van der Waals surface area (Å²) in [5.74, 6) is 3.41. The van der Waals surface area contributed by atoms with Crippen molar-refractivity contribution in [1.29, 1.82) is 0 Å². The number of unbranched alkanes of at least 4 members (excludes halogenated alkanes) is 11. The first-order valence-corrected chi connectivity index (χ1v) is 29.4. The van der Waals surface area contributed by atoms with Gasteiger partial charge in [-0.15, -0.1) is 0 Å². The van der Waals surface area contributed by atoms with Gasteiger partial charge in [-0.05, 0) is 170 Å². The molecule has 2 saturated carbocycles. The van der Waals surface area contributed by atoms with Crippen molar-refractivity contribution in [2.24, 2.45) is 34.5 Å². The predicted octanol–water partition coefficient (Wildman–Crippen LogP) is 17.5. The van der Waals surface area contributed by atoms with E-state index < -0.39 is 0 Å². The molecule has 3 rings (SSSR count). The van der Waals surface area contributed by atoms with Crippen LogP contribution >= 0.6 is 0 Å². The van der Waals surface area contributed by atoms with Gasteiger partial charge in [-0.3, -0.25) is 4.90 Å². The van der Waals surface area contributed by atoms with Crippen LogP contribution in [0.5, 0.6) is 0 Å². The zero-order valence-corrected chi connectivity index (χ0v) is 45.6. The molecule has 5 heteroatoms. The number of rotatable bonds is 42. The summed E-state index contributed by atoms with van der Waals surface area (Å²) in [6, 6.07) is 0.655. The lowest BCUT2D eigenvalue weighted by molar-refractivity contribution is -0.0409. The molecule has 0 aromatic heterocycles. The van der Waals surface area contributed by atoms with Crippen molar-refractivity contribution in [2.45, 2.75) is 273 Å². The normalized spacial score (nSPS) is 26.2. The first kappa shape index (κ1) is 59.6. The number of likely N-dealkylation sites (tertiary alicyclic amines) is 1. The molecule has 0 N–H and O–H groups in total. The summed E-state index contributed by atoms with van der Waals surface area (Å²) in [6.07, 6.45) is 53.1. The lowest BCUT2D eigenvalue weighted by atomic mass is 9.63. The summed E-state index contributed by atoms with van der Waals surface area (Å²) in [5.41, 5.74) is 0.980. The van der Waals surface area contributed by atoms with Crippen molar-refractivity contribution in [3.05, 3.63) is 30.7 Å². The third-order valence-electron chi connectivity index (χ3n) is 16.8. The average Bonchev–Trinajstić information content (AvgIpc) is 3.85. The Kier molecular flexibility index (Phi) is 33.5. The number of ether oxygens (including phenoxy) is 4. The molecule has 0 amide bonds. The van der Waals surface area contributed by atoms with E-state index in [2.05, 4.69) is 91.0 Å². The summed E-state index contributed by atoms with van der Waals surface area (Å²) in [5, 5.41) is 0. The molecule has 3 aliphatic rings. The molecule has 2 unspecified atom stereocenters. The summed E-state index contributed by atoms with van der Waals surface area (Å²) >= 11 is 0. The minimum absolute atomic E-state index is 0.149. The van der Waals surface area contributed by atoms with E-state index in [0.29, 0.717) is 29.6 Å². The number of allylic oxidation sites excluding steroid dienone is 4. The van der Waals surface area contributed by atoms with Gasteiger partial charge in [-0.25, -0.2) is 0 Å². The van der Waals surface area contributed by atoms with E-state index in [0.717, 1.165) is 82.5 Å². The maximum Gasteiger partial charge on any atom is 0.0935 e. The highest BCUT2D eigenvalue weighted by atomic mass is 16.5. The van der Waals surface area contributed by atoms with Gasteiger partial charge in [0, 0.05) is 45.6 Å². The van der Waals surface area contributed by atoms with Crippen molar-refractivity contribution >= 4 is 0 Å². The van der Waals surface area contributed by atoms with Crippen molar-refractivity contribution < 1.29 is 18.9 Å². The van der Waals surface area contributed by atoms with Crippen LogP contribution in [0.2, 0.25) is 0 Å². The second-order valence-corrected chi connectivity index (χ2v) is 23.1. The third kappa shape index (κ3) is 25.9. The SMILES string of the molecule is CC[CH][C@@H]1CC[C@H]([C@H](C)CCCC(C)C)[C@@]1(C)CCCC1(C)CCC(OCCCOCCCOC(COCCCCCCCCCC/C=C\C/C=C\CCCCC)CN2CCCC2C)CC1. The lowest BCUT2D eigenvalue weighted by Crippen LogP contribution is -2.38. The minimum Gasteiger partial charge on any atom is -0.381 e. The van der Waals surface area contributed by atoms with Gasteiger partial charge in [0.1, 0.15) is 0 Å². The maximum atomic E-state index is 6.44. The summed E-state index contributed by atoms with van der Waals surface area (Å²) in [4.78, 5) is 2.60. The first-order valence-electron chi connectivity index (χ1n) is 29.4. The minimum atomic E-state index is 0.149. The van der Waals surface area contributed by atoms with Gasteiger partial charge in [-0.1, -0.05) is 156 Å². The molecule has 3 fully saturated rings. The smallest absolute Gasteiger partial charge is 0.0935 e. The molecule has 1 heterocycles. The van der Waals surface area contributed by atoms with E-state index in [1.54, 1.807) is 0 Å². The fourth-order valence-electron chi connectivity index (χ4n) is 12.3. The Labute approximate surface area is 412 Å². The molecule has 0 aromatic carbocycles. The van der Waals surface area contributed by atoms with Gasteiger partial charge in [0.2, 0.25) is 0 Å². The molecule has 0 aromatic rings. The Morgan fingerprint density at radius 2 is 1.30 bits per heavy atom. The van der Waals surface area contributed by atoms with E-state index >= 15 is 0 Å². The largest absolute Gasteiger partial charge is 0.381 e. The topological polar surface area (TPSA) is 40.2 Å². The lowest BCUT2D eigenvalue weighted by Gasteiger charge is -2.42. The molecule has 1 aliphatic heterocycles. The summed E-state index contributed by atoms with van der Waals surface area (Å²) in [6.45, 7) is 26.5. The number of hydrogen-bond acceptors (Lipinski definition) is 5. The fourth-order valence-corrected chi connectivity index (χ4v) is 12.3. The standard InChI is InChI=1S/C61H114NO4/c1-9-11-12-13-14-15-16-17-18-19-20-21-22-23-24-25-26-27-46-64-52-58(51-62-45-29-36-55(62)6)66-50-32-48-63-47-31-49-65-57-39-43-60(7,44-40-57)41-30-42-61(8)56(33-10-2)37-38-59(61)54(5)35-28-34-53(3)4/h14-15,17-18,33,53-59H,9-13,16,19-32,34-52H2,1-8H3/b15-14-,18-17-/t54-,55?,56-,57?,58?,59-,60?,61+/m1/s1. The molecule has 6 atom stereocenters. The third-order valence-corrected chi connectivity index (χ3v) is 16.8. The molecule has 2 aliphatic carbocycles. The highest BCUT2D eigenvalue weighted by molar-refractivity contribution is 5.02. The molecular weight excluding hydrogens is 811 g/mol. The van der Waals surface area contributed by atoms with Gasteiger partial charge < -0.3 is 18.9 Å². The second-order valence-electron chi connectivity index (χ2n) is 23.1. The van der Waals surface area contributed by atoms with Crippen molar-refractivity contribution in [3.8, 4) is 0 Å². The Morgan fingerprint density at radius 3 is 1.97 bits per heavy atom.